The van der Waals surface area contributed by atoms with Gasteiger partial charge >= 0.3 is 0 Å². The summed E-state index contributed by atoms with van der Waals surface area (Å²) in [5.74, 6) is 0.796. The Balaban J connectivity index is 1.94. The largest absolute Gasteiger partial charge is 0.302 e. The average Bonchev–Trinajstić information content (AvgIpc) is 3.09. The molecule has 1 aliphatic rings. The molecular formula is C14H16N2OS. The lowest BCUT2D eigenvalue weighted by Crippen LogP contribution is -2.12. The van der Waals surface area contributed by atoms with Crippen LogP contribution >= 0.6 is 11.3 Å². The fourth-order valence-electron chi connectivity index (χ4n) is 2.04. The van der Waals surface area contributed by atoms with Crippen LogP contribution in [0.2, 0.25) is 0 Å². The number of para-hydroxylation sites is 1. The van der Waals surface area contributed by atoms with Gasteiger partial charge in [0.25, 0.3) is 0 Å². The highest BCUT2D eigenvalue weighted by molar-refractivity contribution is 7.22. The molecule has 0 saturated heterocycles. The van der Waals surface area contributed by atoms with Crippen molar-refractivity contribution in [2.45, 2.75) is 32.6 Å². The number of nitrogens with zero attached hydrogens (tertiary/aromatic N) is 1. The van der Waals surface area contributed by atoms with Crippen LogP contribution in [0.3, 0.4) is 0 Å². The number of thiazole rings is 1. The van der Waals surface area contributed by atoms with Gasteiger partial charge in [0.1, 0.15) is 0 Å². The minimum atomic E-state index is 0.125. The molecule has 1 saturated carbocycles. The Bertz CT molecular complexity index is 599. The van der Waals surface area contributed by atoms with E-state index in [2.05, 4.69) is 42.3 Å². The molecule has 1 amide bonds. The van der Waals surface area contributed by atoms with E-state index in [1.54, 1.807) is 11.3 Å². The first kappa shape index (κ1) is 11.7. The fourth-order valence-corrected chi connectivity index (χ4v) is 2.95. The molecule has 0 aliphatic heterocycles. The summed E-state index contributed by atoms with van der Waals surface area (Å²) in [6.07, 6.45) is 2.04. The van der Waals surface area contributed by atoms with E-state index in [0.717, 1.165) is 28.2 Å². The van der Waals surface area contributed by atoms with Gasteiger partial charge in [0.2, 0.25) is 5.91 Å². The summed E-state index contributed by atoms with van der Waals surface area (Å²) in [6.45, 7) is 4.33. The number of anilines is 1. The van der Waals surface area contributed by atoms with E-state index in [1.807, 2.05) is 0 Å². The van der Waals surface area contributed by atoms with Crippen LogP contribution in [0.5, 0.6) is 0 Å². The number of aromatic nitrogens is 1. The van der Waals surface area contributed by atoms with Gasteiger partial charge in [-0.1, -0.05) is 37.3 Å². The highest BCUT2D eigenvalue weighted by Gasteiger charge is 2.30. The second-order valence-electron chi connectivity index (χ2n) is 5.13. The van der Waals surface area contributed by atoms with Gasteiger partial charge in [-0.05, 0) is 30.4 Å². The lowest BCUT2D eigenvalue weighted by atomic mass is 10.0. The van der Waals surface area contributed by atoms with Gasteiger partial charge in [0, 0.05) is 5.92 Å². The van der Waals surface area contributed by atoms with Crippen molar-refractivity contribution < 1.29 is 4.79 Å². The van der Waals surface area contributed by atoms with E-state index in [-0.39, 0.29) is 11.8 Å². The first-order chi connectivity index (χ1) is 8.65. The number of nitrogens with one attached hydrogen (secondary N) is 1. The third kappa shape index (κ3) is 2.12. The van der Waals surface area contributed by atoms with E-state index in [1.165, 1.54) is 5.56 Å². The molecule has 1 N–H and O–H groups in total. The van der Waals surface area contributed by atoms with Gasteiger partial charge in [-0.2, -0.15) is 0 Å². The Labute approximate surface area is 110 Å². The molecule has 94 valence electrons. The van der Waals surface area contributed by atoms with E-state index in [4.69, 9.17) is 0 Å². The molecule has 0 unspecified atom stereocenters. The quantitative estimate of drug-likeness (QED) is 0.912. The number of fused-ring (bicyclic) bond motifs is 1. The topological polar surface area (TPSA) is 42.0 Å². The minimum absolute atomic E-state index is 0.125. The lowest BCUT2D eigenvalue weighted by molar-refractivity contribution is -0.117. The highest BCUT2D eigenvalue weighted by Crippen LogP contribution is 2.34. The first-order valence-corrected chi connectivity index (χ1v) is 7.17. The molecule has 0 radical (unpaired) electrons. The summed E-state index contributed by atoms with van der Waals surface area (Å²) in [6, 6.07) is 6.23. The Morgan fingerprint density at radius 1 is 1.44 bits per heavy atom. The summed E-state index contributed by atoms with van der Waals surface area (Å²) in [7, 11) is 0. The van der Waals surface area contributed by atoms with Crippen LogP contribution in [0.1, 0.15) is 38.2 Å². The molecule has 4 heteroatoms. The third-order valence-corrected chi connectivity index (χ3v) is 4.19. The van der Waals surface area contributed by atoms with Crippen LogP contribution in [0.4, 0.5) is 5.13 Å². The molecule has 0 bridgehead atoms. The van der Waals surface area contributed by atoms with Crippen molar-refractivity contribution in [1.29, 1.82) is 0 Å². The third-order valence-electron chi connectivity index (χ3n) is 3.25. The Hall–Kier alpha value is -1.42. The number of carbonyl (C=O) groups is 1. The molecule has 1 aromatic carbocycles. The van der Waals surface area contributed by atoms with Crippen molar-refractivity contribution in [2.75, 3.05) is 5.32 Å². The molecule has 1 aromatic heterocycles. The van der Waals surface area contributed by atoms with Crippen LogP contribution in [-0.4, -0.2) is 10.9 Å². The van der Waals surface area contributed by atoms with Crippen LogP contribution < -0.4 is 5.32 Å². The standard InChI is InChI=1S/C14H16N2OS/c1-8(2)10-4-3-5-11-12(10)15-14(18-11)16-13(17)9-6-7-9/h3-5,8-9H,6-7H2,1-2H3,(H,15,16,17). The minimum Gasteiger partial charge on any atom is -0.302 e. The fraction of sp³-hybridized carbons (Fsp3) is 0.429. The van der Waals surface area contributed by atoms with Crippen LogP contribution in [-0.2, 0) is 4.79 Å². The summed E-state index contributed by atoms with van der Waals surface area (Å²) in [5.41, 5.74) is 2.28. The van der Waals surface area contributed by atoms with Crippen molar-refractivity contribution in [2.24, 2.45) is 5.92 Å². The van der Waals surface area contributed by atoms with E-state index in [0.29, 0.717) is 5.92 Å². The van der Waals surface area contributed by atoms with Crippen LogP contribution in [0.25, 0.3) is 10.2 Å². The zero-order valence-electron chi connectivity index (χ0n) is 10.6. The second-order valence-corrected chi connectivity index (χ2v) is 6.16. The Morgan fingerprint density at radius 3 is 2.89 bits per heavy atom. The Kier molecular flexibility index (Phi) is 2.82. The predicted octanol–water partition coefficient (Wildman–Crippen LogP) is 3.77. The number of hydrogen-bond acceptors (Lipinski definition) is 3. The van der Waals surface area contributed by atoms with Crippen molar-refractivity contribution in [1.82, 2.24) is 4.98 Å². The van der Waals surface area contributed by atoms with Crippen LogP contribution in [0.15, 0.2) is 18.2 Å². The van der Waals surface area contributed by atoms with Gasteiger partial charge in [-0.15, -0.1) is 0 Å². The van der Waals surface area contributed by atoms with Gasteiger partial charge < -0.3 is 5.32 Å². The molecule has 2 aromatic rings. The molecule has 1 fully saturated rings. The number of amides is 1. The number of carbonyl (C=O) groups excluding carboxylic acids is 1. The predicted molar refractivity (Wildman–Crippen MR) is 75.1 cm³/mol. The van der Waals surface area contributed by atoms with Crippen molar-refractivity contribution in [3.05, 3.63) is 23.8 Å². The zero-order chi connectivity index (χ0) is 12.7. The molecule has 3 rings (SSSR count). The van der Waals surface area contributed by atoms with E-state index in [9.17, 15) is 4.79 Å². The van der Waals surface area contributed by atoms with Crippen molar-refractivity contribution >= 4 is 32.6 Å². The highest BCUT2D eigenvalue weighted by atomic mass is 32.1. The molecule has 1 aliphatic carbocycles. The molecular weight excluding hydrogens is 244 g/mol. The van der Waals surface area contributed by atoms with Crippen molar-refractivity contribution in [3.8, 4) is 0 Å². The lowest BCUT2D eigenvalue weighted by Gasteiger charge is -2.04. The number of benzene rings is 1. The summed E-state index contributed by atoms with van der Waals surface area (Å²) >= 11 is 1.56. The van der Waals surface area contributed by atoms with E-state index < -0.39 is 0 Å². The summed E-state index contributed by atoms with van der Waals surface area (Å²) in [5, 5.41) is 3.66. The maximum atomic E-state index is 11.7. The number of hydrogen-bond donors (Lipinski definition) is 1. The van der Waals surface area contributed by atoms with Crippen LogP contribution in [0, 0.1) is 5.92 Å². The zero-order valence-corrected chi connectivity index (χ0v) is 11.4. The average molecular weight is 260 g/mol. The smallest absolute Gasteiger partial charge is 0.229 e. The second kappa shape index (κ2) is 4.35. The van der Waals surface area contributed by atoms with E-state index >= 15 is 0 Å². The molecule has 18 heavy (non-hydrogen) atoms. The summed E-state index contributed by atoms with van der Waals surface area (Å²) in [4.78, 5) is 16.3. The normalized spacial score (nSPS) is 15.3. The number of rotatable bonds is 3. The first-order valence-electron chi connectivity index (χ1n) is 6.35. The van der Waals surface area contributed by atoms with Gasteiger partial charge in [0.15, 0.2) is 5.13 Å². The van der Waals surface area contributed by atoms with Gasteiger partial charge in [-0.3, -0.25) is 4.79 Å². The molecule has 0 atom stereocenters. The van der Waals surface area contributed by atoms with Gasteiger partial charge in [-0.25, -0.2) is 4.98 Å². The maximum absolute atomic E-state index is 11.7. The SMILES string of the molecule is CC(C)c1cccc2sc(NC(=O)C3CC3)nc12. The molecule has 1 heterocycles. The summed E-state index contributed by atoms with van der Waals surface area (Å²) < 4.78 is 1.15. The molecule has 0 spiro atoms. The maximum Gasteiger partial charge on any atom is 0.229 e. The van der Waals surface area contributed by atoms with Crippen molar-refractivity contribution in [3.63, 3.8) is 0 Å². The monoisotopic (exact) mass is 260 g/mol. The van der Waals surface area contributed by atoms with Gasteiger partial charge in [0.05, 0.1) is 10.2 Å². The Morgan fingerprint density at radius 2 is 2.22 bits per heavy atom. The molecule has 3 nitrogen and oxygen atoms in total.